The van der Waals surface area contributed by atoms with Gasteiger partial charge in [0, 0.05) is 13.1 Å². The van der Waals surface area contributed by atoms with Crippen LogP contribution in [0, 0.1) is 0 Å². The summed E-state index contributed by atoms with van der Waals surface area (Å²) < 4.78 is 0. The molecule has 2 N–H and O–H groups in total. The van der Waals surface area contributed by atoms with Crippen LogP contribution < -0.4 is 5.73 Å². The number of aliphatic imine (C=N–C) groups is 1. The van der Waals surface area contributed by atoms with Crippen molar-refractivity contribution in [3.8, 4) is 0 Å². The van der Waals surface area contributed by atoms with E-state index in [4.69, 9.17) is 17.3 Å². The third kappa shape index (κ3) is 3.00. The summed E-state index contributed by atoms with van der Waals surface area (Å²) in [7, 11) is 1.66. The molecule has 0 bridgehead atoms. The molecule has 17 heavy (non-hydrogen) atoms. The summed E-state index contributed by atoms with van der Waals surface area (Å²) in [6.45, 7) is 7.67. The molecular formula is C11H17ClN4O. The molecule has 1 aliphatic rings. The van der Waals surface area contributed by atoms with Gasteiger partial charge >= 0.3 is 0 Å². The van der Waals surface area contributed by atoms with Crippen molar-refractivity contribution < 1.29 is 4.79 Å². The van der Waals surface area contributed by atoms with E-state index in [9.17, 15) is 4.79 Å². The van der Waals surface area contributed by atoms with Crippen molar-refractivity contribution >= 4 is 23.7 Å². The smallest absolute Gasteiger partial charge is 0.246 e. The topological polar surface area (TPSA) is 61.9 Å². The quantitative estimate of drug-likeness (QED) is 0.607. The van der Waals surface area contributed by atoms with Gasteiger partial charge in [0.1, 0.15) is 16.7 Å². The van der Waals surface area contributed by atoms with Gasteiger partial charge < -0.3 is 15.5 Å². The van der Waals surface area contributed by atoms with E-state index < -0.39 is 0 Å². The predicted molar refractivity (Wildman–Crippen MR) is 69.3 cm³/mol. The van der Waals surface area contributed by atoms with E-state index >= 15 is 0 Å². The van der Waals surface area contributed by atoms with Gasteiger partial charge in [-0.15, -0.1) is 0 Å². The number of carbonyl (C=O) groups excluding carboxylic acids is 1. The lowest BCUT2D eigenvalue weighted by molar-refractivity contribution is -0.130. The zero-order valence-electron chi connectivity index (χ0n) is 10.3. The zero-order chi connectivity index (χ0) is 13.2. The number of hydrogen-bond donors (Lipinski definition) is 1. The summed E-state index contributed by atoms with van der Waals surface area (Å²) in [4.78, 5) is 18.9. The number of carbonyl (C=O) groups is 1. The molecule has 1 amide bonds. The third-order valence-electron chi connectivity index (χ3n) is 2.56. The molecule has 0 unspecified atom stereocenters. The summed E-state index contributed by atoms with van der Waals surface area (Å²) >= 11 is 5.55. The second-order valence-electron chi connectivity index (χ2n) is 4.08. The molecule has 0 aromatic rings. The summed E-state index contributed by atoms with van der Waals surface area (Å²) in [5, 5.41) is 0.146. The molecule has 5 nitrogen and oxygen atoms in total. The van der Waals surface area contributed by atoms with Crippen molar-refractivity contribution in [3.63, 3.8) is 0 Å². The van der Waals surface area contributed by atoms with Gasteiger partial charge in [0.15, 0.2) is 0 Å². The van der Waals surface area contributed by atoms with Crippen LogP contribution >= 0.6 is 11.6 Å². The fraction of sp³-hybridized carbons (Fsp3) is 0.455. The zero-order valence-corrected chi connectivity index (χ0v) is 11.0. The van der Waals surface area contributed by atoms with Crippen LogP contribution in [-0.4, -0.2) is 41.6 Å². The number of nitrogens with two attached hydrogens (primary N) is 1. The maximum absolute atomic E-state index is 11.8. The van der Waals surface area contributed by atoms with Crippen LogP contribution in [0.15, 0.2) is 28.2 Å². The average Bonchev–Trinajstić information content (AvgIpc) is 2.22. The minimum atomic E-state index is -0.0328. The minimum absolute atomic E-state index is 0.0328. The van der Waals surface area contributed by atoms with Crippen LogP contribution in [0.4, 0.5) is 0 Å². The summed E-state index contributed by atoms with van der Waals surface area (Å²) in [5.41, 5.74) is 6.55. The average molecular weight is 257 g/mol. The van der Waals surface area contributed by atoms with Gasteiger partial charge in [-0.2, -0.15) is 0 Å². The lowest BCUT2D eigenvalue weighted by Crippen LogP contribution is -2.49. The molecule has 1 rings (SSSR count). The molecule has 1 aliphatic heterocycles. The fourth-order valence-corrected chi connectivity index (χ4v) is 1.58. The molecule has 6 heteroatoms. The van der Waals surface area contributed by atoms with Crippen LogP contribution in [0.25, 0.3) is 0 Å². The second kappa shape index (κ2) is 5.23. The lowest BCUT2D eigenvalue weighted by Gasteiger charge is -2.37. The Labute approximate surface area is 106 Å². The van der Waals surface area contributed by atoms with Gasteiger partial charge in [-0.05, 0) is 13.8 Å². The van der Waals surface area contributed by atoms with Crippen LogP contribution in [0.1, 0.15) is 13.8 Å². The van der Waals surface area contributed by atoms with Crippen molar-refractivity contribution in [3.05, 3.63) is 23.3 Å². The predicted octanol–water partition coefficient (Wildman–Crippen LogP) is 1.08. The molecule has 94 valence electrons. The molecule has 0 aliphatic carbocycles. The molecule has 0 aromatic carbocycles. The number of allylic oxidation sites excluding steroid dienone is 1. The van der Waals surface area contributed by atoms with Crippen LogP contribution in [-0.2, 0) is 4.79 Å². The van der Waals surface area contributed by atoms with E-state index in [1.165, 1.54) is 11.1 Å². The Balaban J connectivity index is 3.13. The minimum Gasteiger partial charge on any atom is -0.384 e. The summed E-state index contributed by atoms with van der Waals surface area (Å²) in [6.07, 6.45) is 1.46. The largest absolute Gasteiger partial charge is 0.384 e. The van der Waals surface area contributed by atoms with E-state index in [0.717, 1.165) is 0 Å². The third-order valence-corrected chi connectivity index (χ3v) is 2.66. The maximum Gasteiger partial charge on any atom is 0.246 e. The van der Waals surface area contributed by atoms with Gasteiger partial charge in [0.2, 0.25) is 5.91 Å². The van der Waals surface area contributed by atoms with Crippen molar-refractivity contribution in [1.29, 1.82) is 0 Å². The highest BCUT2D eigenvalue weighted by atomic mass is 35.5. The van der Waals surface area contributed by atoms with Crippen molar-refractivity contribution in [2.75, 3.05) is 13.6 Å². The van der Waals surface area contributed by atoms with E-state index in [1.54, 1.807) is 7.05 Å². The highest BCUT2D eigenvalue weighted by Crippen LogP contribution is 2.17. The van der Waals surface area contributed by atoms with Gasteiger partial charge in [0.25, 0.3) is 0 Å². The van der Waals surface area contributed by atoms with Crippen molar-refractivity contribution in [2.45, 2.75) is 19.9 Å². The number of amides is 1. The first-order valence-corrected chi connectivity index (χ1v) is 5.63. The van der Waals surface area contributed by atoms with Crippen LogP contribution in [0.5, 0.6) is 0 Å². The van der Waals surface area contributed by atoms with Gasteiger partial charge in [-0.1, -0.05) is 18.2 Å². The Morgan fingerprint density at radius 3 is 2.71 bits per heavy atom. The SMILES string of the molecule is C=C(Cl)/N=C\C1=C(N)N(C(C)C)CC(=O)N1C. The fourth-order valence-electron chi connectivity index (χ4n) is 1.53. The Morgan fingerprint density at radius 2 is 2.24 bits per heavy atom. The molecule has 1 heterocycles. The number of hydrogen-bond acceptors (Lipinski definition) is 4. The van der Waals surface area contributed by atoms with Crippen molar-refractivity contribution in [2.24, 2.45) is 10.7 Å². The Hall–Kier alpha value is -1.49. The van der Waals surface area contributed by atoms with E-state index in [1.807, 2.05) is 18.7 Å². The first-order chi connectivity index (χ1) is 7.84. The Kier molecular flexibility index (Phi) is 4.17. The molecule has 0 spiro atoms. The molecule has 0 radical (unpaired) electrons. The molecule has 0 aromatic heterocycles. The maximum atomic E-state index is 11.8. The molecular weight excluding hydrogens is 240 g/mol. The second-order valence-corrected chi connectivity index (χ2v) is 4.52. The number of nitrogens with zero attached hydrogens (tertiary/aromatic N) is 3. The van der Waals surface area contributed by atoms with Crippen molar-refractivity contribution in [1.82, 2.24) is 9.80 Å². The molecule has 0 fully saturated rings. The van der Waals surface area contributed by atoms with E-state index in [0.29, 0.717) is 11.5 Å². The first-order valence-electron chi connectivity index (χ1n) is 5.26. The highest BCUT2D eigenvalue weighted by Gasteiger charge is 2.28. The lowest BCUT2D eigenvalue weighted by atomic mass is 10.2. The number of halogens is 1. The Bertz CT molecular complexity index is 400. The summed E-state index contributed by atoms with van der Waals surface area (Å²) in [5.74, 6) is 0.485. The van der Waals surface area contributed by atoms with Gasteiger partial charge in [0.05, 0.1) is 12.8 Å². The molecule has 0 saturated heterocycles. The molecule has 0 saturated carbocycles. The van der Waals surface area contributed by atoms with Crippen LogP contribution in [0.3, 0.4) is 0 Å². The molecule has 0 atom stereocenters. The van der Waals surface area contributed by atoms with Crippen LogP contribution in [0.2, 0.25) is 0 Å². The number of rotatable bonds is 3. The van der Waals surface area contributed by atoms with Gasteiger partial charge in [-0.25, -0.2) is 4.99 Å². The first kappa shape index (κ1) is 13.6. The standard InChI is InChI=1S/C11H17ClN4O/c1-7(2)16-6-10(17)15(4)9(11(16)13)5-14-8(3)12/h5,7H,3,6,13H2,1-2,4H3/b14-5-. The highest BCUT2D eigenvalue weighted by molar-refractivity contribution is 6.29. The summed E-state index contributed by atoms with van der Waals surface area (Å²) in [6, 6.07) is 0.148. The Morgan fingerprint density at radius 1 is 1.65 bits per heavy atom. The normalized spacial score (nSPS) is 17.6. The van der Waals surface area contributed by atoms with E-state index in [-0.39, 0.29) is 23.6 Å². The monoisotopic (exact) mass is 256 g/mol. The van der Waals surface area contributed by atoms with E-state index in [2.05, 4.69) is 11.6 Å². The number of likely N-dealkylation sites (N-methyl/N-ethyl adjacent to an activating group) is 1. The van der Waals surface area contributed by atoms with Gasteiger partial charge in [-0.3, -0.25) is 4.79 Å².